The number of ether oxygens (including phenoxy) is 1. The van der Waals surface area contributed by atoms with Crippen molar-refractivity contribution in [2.45, 2.75) is 51.7 Å². The third-order valence-corrected chi connectivity index (χ3v) is 4.85. The fourth-order valence-corrected chi connectivity index (χ4v) is 3.69. The molecule has 25 heavy (non-hydrogen) atoms. The standard InChI is InChI=1S/C19H28FN3O2/c1-14-12-23(13-15(2)25-14)18-8-7-16(11-17(18)20)21-19(24)22-9-5-3-4-6-10-22/h7-8,11,14-15H,3-6,9-10,12-13H2,1-2H3,(H,21,24). The molecule has 0 aliphatic carbocycles. The first-order valence-electron chi connectivity index (χ1n) is 9.29. The van der Waals surface area contributed by atoms with Gasteiger partial charge in [-0.25, -0.2) is 9.18 Å². The van der Waals surface area contributed by atoms with Gasteiger partial charge in [0.25, 0.3) is 0 Å². The van der Waals surface area contributed by atoms with Gasteiger partial charge in [0.1, 0.15) is 5.82 Å². The predicted octanol–water partition coefficient (Wildman–Crippen LogP) is 3.85. The Morgan fingerprint density at radius 2 is 1.76 bits per heavy atom. The second-order valence-electron chi connectivity index (χ2n) is 7.16. The van der Waals surface area contributed by atoms with Crippen LogP contribution in [0.3, 0.4) is 0 Å². The van der Waals surface area contributed by atoms with Gasteiger partial charge in [-0.05, 0) is 44.9 Å². The van der Waals surface area contributed by atoms with Gasteiger partial charge >= 0.3 is 6.03 Å². The number of morpholine rings is 1. The Labute approximate surface area is 149 Å². The van der Waals surface area contributed by atoms with Crippen LogP contribution in [-0.2, 0) is 4.74 Å². The molecule has 2 aliphatic heterocycles. The first kappa shape index (κ1) is 18.0. The maximum absolute atomic E-state index is 14.6. The second-order valence-corrected chi connectivity index (χ2v) is 7.16. The molecule has 5 nitrogen and oxygen atoms in total. The Kier molecular flexibility index (Phi) is 5.78. The quantitative estimate of drug-likeness (QED) is 0.882. The molecule has 1 aromatic carbocycles. The summed E-state index contributed by atoms with van der Waals surface area (Å²) in [5.41, 5.74) is 1.07. The van der Waals surface area contributed by atoms with Crippen LogP contribution in [0.4, 0.5) is 20.6 Å². The minimum absolute atomic E-state index is 0.0746. The topological polar surface area (TPSA) is 44.8 Å². The monoisotopic (exact) mass is 349 g/mol. The van der Waals surface area contributed by atoms with Crippen molar-refractivity contribution in [2.75, 3.05) is 36.4 Å². The molecule has 2 heterocycles. The van der Waals surface area contributed by atoms with Gasteiger partial charge in [0.15, 0.2) is 0 Å². The van der Waals surface area contributed by atoms with Gasteiger partial charge in [-0.2, -0.15) is 0 Å². The van der Waals surface area contributed by atoms with E-state index in [4.69, 9.17) is 4.74 Å². The average molecular weight is 349 g/mol. The Balaban J connectivity index is 1.66. The van der Waals surface area contributed by atoms with Crippen molar-refractivity contribution >= 4 is 17.4 Å². The molecule has 0 radical (unpaired) electrons. The summed E-state index contributed by atoms with van der Waals surface area (Å²) >= 11 is 0. The van der Waals surface area contributed by atoms with Crippen molar-refractivity contribution in [3.05, 3.63) is 24.0 Å². The molecule has 2 fully saturated rings. The predicted molar refractivity (Wildman–Crippen MR) is 97.7 cm³/mol. The summed E-state index contributed by atoms with van der Waals surface area (Å²) in [6.07, 6.45) is 4.56. The lowest BCUT2D eigenvalue weighted by molar-refractivity contribution is -0.00539. The Bertz CT molecular complexity index is 592. The third kappa shape index (κ3) is 4.63. The highest BCUT2D eigenvalue weighted by atomic mass is 19.1. The van der Waals surface area contributed by atoms with Gasteiger partial charge < -0.3 is 19.9 Å². The molecule has 0 bridgehead atoms. The van der Waals surface area contributed by atoms with Crippen LogP contribution < -0.4 is 10.2 Å². The number of benzene rings is 1. The van der Waals surface area contributed by atoms with Crippen LogP contribution in [0.2, 0.25) is 0 Å². The summed E-state index contributed by atoms with van der Waals surface area (Å²) in [5.74, 6) is -0.310. The van der Waals surface area contributed by atoms with Crippen molar-refractivity contribution in [3.63, 3.8) is 0 Å². The van der Waals surface area contributed by atoms with E-state index in [1.165, 1.54) is 18.9 Å². The number of anilines is 2. The lowest BCUT2D eigenvalue weighted by atomic mass is 10.2. The van der Waals surface area contributed by atoms with Gasteiger partial charge in [-0.3, -0.25) is 0 Å². The molecule has 6 heteroatoms. The van der Waals surface area contributed by atoms with Crippen LogP contribution in [0.5, 0.6) is 0 Å². The Morgan fingerprint density at radius 3 is 2.36 bits per heavy atom. The summed E-state index contributed by atoms with van der Waals surface area (Å²) in [7, 11) is 0. The Morgan fingerprint density at radius 1 is 1.12 bits per heavy atom. The number of likely N-dealkylation sites (tertiary alicyclic amines) is 1. The highest BCUT2D eigenvalue weighted by Gasteiger charge is 2.24. The zero-order valence-electron chi connectivity index (χ0n) is 15.1. The Hall–Kier alpha value is -1.82. The maximum atomic E-state index is 14.6. The molecule has 3 rings (SSSR count). The largest absolute Gasteiger partial charge is 0.372 e. The van der Waals surface area contributed by atoms with Gasteiger partial charge in [0, 0.05) is 31.9 Å². The van der Waals surface area contributed by atoms with E-state index in [9.17, 15) is 9.18 Å². The first-order valence-corrected chi connectivity index (χ1v) is 9.29. The van der Waals surface area contributed by atoms with E-state index >= 15 is 0 Å². The molecule has 1 N–H and O–H groups in total. The van der Waals surface area contributed by atoms with Crippen LogP contribution in [-0.4, -0.2) is 49.3 Å². The zero-order valence-corrected chi connectivity index (χ0v) is 15.1. The zero-order chi connectivity index (χ0) is 17.8. The molecule has 0 saturated carbocycles. The third-order valence-electron chi connectivity index (χ3n) is 4.85. The highest BCUT2D eigenvalue weighted by molar-refractivity contribution is 5.89. The van der Waals surface area contributed by atoms with Crippen molar-refractivity contribution in [1.29, 1.82) is 0 Å². The highest BCUT2D eigenvalue weighted by Crippen LogP contribution is 2.26. The molecule has 2 saturated heterocycles. The van der Waals surface area contributed by atoms with E-state index in [2.05, 4.69) is 5.32 Å². The summed E-state index contributed by atoms with van der Waals surface area (Å²) in [6, 6.07) is 4.80. The number of nitrogens with zero attached hydrogens (tertiary/aromatic N) is 2. The van der Waals surface area contributed by atoms with Gasteiger partial charge in [-0.1, -0.05) is 12.8 Å². The molecular weight excluding hydrogens is 321 g/mol. The minimum atomic E-state index is -0.310. The van der Waals surface area contributed by atoms with Crippen LogP contribution in [0.1, 0.15) is 39.5 Å². The van der Waals surface area contributed by atoms with E-state index in [0.29, 0.717) is 24.5 Å². The molecule has 2 unspecified atom stereocenters. The number of hydrogen-bond acceptors (Lipinski definition) is 3. The van der Waals surface area contributed by atoms with E-state index in [0.717, 1.165) is 25.9 Å². The van der Waals surface area contributed by atoms with Gasteiger partial charge in [0.2, 0.25) is 0 Å². The fraction of sp³-hybridized carbons (Fsp3) is 0.632. The molecule has 1 aromatic rings. The molecule has 2 atom stereocenters. The van der Waals surface area contributed by atoms with Crippen LogP contribution in [0.25, 0.3) is 0 Å². The molecule has 2 amide bonds. The first-order chi connectivity index (χ1) is 12.0. The van der Waals surface area contributed by atoms with Crippen molar-refractivity contribution in [3.8, 4) is 0 Å². The number of amides is 2. The molecule has 0 spiro atoms. The number of rotatable bonds is 2. The molecule has 2 aliphatic rings. The van der Waals surface area contributed by atoms with Crippen LogP contribution >= 0.6 is 0 Å². The van der Waals surface area contributed by atoms with Crippen LogP contribution in [0.15, 0.2) is 18.2 Å². The number of carbonyl (C=O) groups is 1. The van der Waals surface area contributed by atoms with Crippen molar-refractivity contribution in [2.24, 2.45) is 0 Å². The summed E-state index contributed by atoms with van der Waals surface area (Å²) in [5, 5.41) is 2.83. The number of carbonyl (C=O) groups excluding carboxylic acids is 1. The maximum Gasteiger partial charge on any atom is 0.321 e. The van der Waals surface area contributed by atoms with Crippen LogP contribution in [0, 0.1) is 5.82 Å². The van der Waals surface area contributed by atoms with Crippen molar-refractivity contribution in [1.82, 2.24) is 4.90 Å². The summed E-state index contributed by atoms with van der Waals surface area (Å²) < 4.78 is 20.3. The second kappa shape index (κ2) is 8.04. The number of hydrogen-bond donors (Lipinski definition) is 1. The van der Waals surface area contributed by atoms with Crippen molar-refractivity contribution < 1.29 is 13.9 Å². The van der Waals surface area contributed by atoms with E-state index in [1.807, 2.05) is 23.6 Å². The lowest BCUT2D eigenvalue weighted by Gasteiger charge is -2.37. The number of urea groups is 1. The number of halogens is 1. The lowest BCUT2D eigenvalue weighted by Crippen LogP contribution is -2.45. The van der Waals surface area contributed by atoms with E-state index in [1.54, 1.807) is 12.1 Å². The van der Waals surface area contributed by atoms with Gasteiger partial charge in [-0.15, -0.1) is 0 Å². The SMILES string of the molecule is CC1CN(c2ccc(NC(=O)N3CCCCCC3)cc2F)CC(C)O1. The smallest absolute Gasteiger partial charge is 0.321 e. The van der Waals surface area contributed by atoms with E-state index < -0.39 is 0 Å². The molecular formula is C19H28FN3O2. The molecule has 138 valence electrons. The summed E-state index contributed by atoms with van der Waals surface area (Å²) in [6.45, 7) is 6.88. The minimum Gasteiger partial charge on any atom is -0.372 e. The fourth-order valence-electron chi connectivity index (χ4n) is 3.69. The average Bonchev–Trinajstić information content (AvgIpc) is 2.83. The van der Waals surface area contributed by atoms with Gasteiger partial charge in [0.05, 0.1) is 17.9 Å². The normalized spacial score (nSPS) is 24.8. The van der Waals surface area contributed by atoms with E-state index in [-0.39, 0.29) is 24.1 Å². The molecule has 0 aromatic heterocycles. The summed E-state index contributed by atoms with van der Waals surface area (Å²) in [4.78, 5) is 16.2. The number of nitrogens with one attached hydrogen (secondary N) is 1.